The summed E-state index contributed by atoms with van der Waals surface area (Å²) in [6, 6.07) is 2.08. The molecule has 190 valence electrons. The first-order valence-corrected chi connectivity index (χ1v) is 10.4. The highest BCUT2D eigenvalue weighted by atomic mass is 35.5. The van der Waals surface area contributed by atoms with Gasteiger partial charge in [0, 0.05) is 32.4 Å². The number of anilines is 1. The average molecular weight is 534 g/mol. The quantitative estimate of drug-likeness (QED) is 0.513. The lowest BCUT2D eigenvalue weighted by atomic mass is 10.0. The van der Waals surface area contributed by atoms with E-state index in [4.69, 9.17) is 11.6 Å². The summed E-state index contributed by atoms with van der Waals surface area (Å²) < 4.78 is 82.2. The van der Waals surface area contributed by atoms with Crippen molar-refractivity contribution in [3.8, 4) is 5.69 Å². The van der Waals surface area contributed by atoms with Crippen LogP contribution in [-0.4, -0.2) is 58.8 Å². The van der Waals surface area contributed by atoms with Gasteiger partial charge in [-0.1, -0.05) is 11.6 Å². The molecule has 2 aromatic carbocycles. The molecule has 0 unspecified atom stereocenters. The lowest BCUT2D eigenvalue weighted by Crippen LogP contribution is -2.61. The summed E-state index contributed by atoms with van der Waals surface area (Å²) in [5, 5.41) is 8.42. The summed E-state index contributed by atoms with van der Waals surface area (Å²) >= 11 is 6.41. The van der Waals surface area contributed by atoms with E-state index in [2.05, 4.69) is 0 Å². The molecule has 36 heavy (non-hydrogen) atoms. The van der Waals surface area contributed by atoms with Crippen molar-refractivity contribution >= 4 is 40.1 Å². The summed E-state index contributed by atoms with van der Waals surface area (Å²) in [5.41, 5.74) is -3.03. The number of aromatic nitrogens is 1. The molecule has 1 fully saturated rings. The third-order valence-electron chi connectivity index (χ3n) is 5.85. The summed E-state index contributed by atoms with van der Waals surface area (Å²) in [6.45, 7) is -0.494. The Morgan fingerprint density at radius 1 is 1.11 bits per heavy atom. The Kier molecular flexibility index (Phi) is 6.15. The Bertz CT molecular complexity index is 1480. The molecule has 3 aromatic rings. The van der Waals surface area contributed by atoms with Crippen LogP contribution in [-0.2, 0) is 4.79 Å². The summed E-state index contributed by atoms with van der Waals surface area (Å²) in [7, 11) is 0.943. The number of fused-ring (bicyclic) bond motifs is 1. The van der Waals surface area contributed by atoms with Crippen molar-refractivity contribution in [2.45, 2.75) is 12.2 Å². The van der Waals surface area contributed by atoms with Gasteiger partial charge in [-0.25, -0.2) is 18.0 Å². The van der Waals surface area contributed by atoms with E-state index in [1.54, 1.807) is 0 Å². The van der Waals surface area contributed by atoms with Crippen LogP contribution in [0.3, 0.4) is 0 Å². The highest BCUT2D eigenvalue weighted by molar-refractivity contribution is 6.38. The molecule has 1 amide bonds. The maximum Gasteiger partial charge on any atom is 0.471 e. The molecule has 0 bridgehead atoms. The smallest absolute Gasteiger partial charge is 0.471 e. The molecule has 1 saturated heterocycles. The SMILES string of the molecule is CN(C(=O)C(F)(F)F)C1CN(c2c(F)cc3c(=O)c(C(=O)O)cn(-c4ccc(F)cc4F)c3c2Cl)C1. The minimum absolute atomic E-state index is 0.247. The van der Waals surface area contributed by atoms with Crippen LogP contribution in [0.4, 0.5) is 32.0 Å². The van der Waals surface area contributed by atoms with Gasteiger partial charge in [-0.05, 0) is 18.2 Å². The van der Waals surface area contributed by atoms with Gasteiger partial charge in [-0.3, -0.25) is 9.59 Å². The van der Waals surface area contributed by atoms with Crippen molar-refractivity contribution in [1.82, 2.24) is 9.47 Å². The molecule has 7 nitrogen and oxygen atoms in total. The summed E-state index contributed by atoms with van der Waals surface area (Å²) in [6.07, 6.45) is -4.34. The third-order valence-corrected chi connectivity index (χ3v) is 6.20. The molecule has 1 aliphatic heterocycles. The van der Waals surface area contributed by atoms with E-state index in [9.17, 15) is 41.4 Å². The Morgan fingerprint density at radius 3 is 2.31 bits per heavy atom. The van der Waals surface area contributed by atoms with Crippen molar-refractivity contribution in [2.24, 2.45) is 0 Å². The number of aromatic carboxylic acids is 1. The third kappa shape index (κ3) is 4.12. The Labute approximate surface area is 202 Å². The number of halogens is 7. The predicted octanol–water partition coefficient (Wildman–Crippen LogP) is 3.97. The molecule has 0 radical (unpaired) electrons. The van der Waals surface area contributed by atoms with E-state index in [-0.39, 0.29) is 24.3 Å². The van der Waals surface area contributed by atoms with Gasteiger partial charge >= 0.3 is 18.1 Å². The monoisotopic (exact) mass is 533 g/mol. The Morgan fingerprint density at radius 2 is 1.75 bits per heavy atom. The second kappa shape index (κ2) is 8.73. The van der Waals surface area contributed by atoms with Crippen molar-refractivity contribution in [2.75, 3.05) is 25.0 Å². The van der Waals surface area contributed by atoms with E-state index < -0.39 is 68.6 Å². The number of carboxylic acids is 1. The molecule has 0 spiro atoms. The van der Waals surface area contributed by atoms with Crippen molar-refractivity contribution in [1.29, 1.82) is 0 Å². The number of carbonyl (C=O) groups is 2. The van der Waals surface area contributed by atoms with Crippen LogP contribution in [0.15, 0.2) is 35.3 Å². The number of benzene rings is 2. The van der Waals surface area contributed by atoms with Gasteiger partial charge in [0.1, 0.15) is 23.0 Å². The van der Waals surface area contributed by atoms with Crippen LogP contribution in [0.1, 0.15) is 10.4 Å². The van der Waals surface area contributed by atoms with Gasteiger partial charge in [0.2, 0.25) is 5.43 Å². The minimum Gasteiger partial charge on any atom is -0.477 e. The van der Waals surface area contributed by atoms with Crippen LogP contribution in [0.5, 0.6) is 0 Å². The second-order valence-electron chi connectivity index (χ2n) is 8.03. The molecule has 1 N–H and O–H groups in total. The zero-order valence-corrected chi connectivity index (χ0v) is 18.8. The van der Waals surface area contributed by atoms with E-state index in [1.807, 2.05) is 0 Å². The first-order chi connectivity index (χ1) is 16.7. The highest BCUT2D eigenvalue weighted by Crippen LogP contribution is 2.39. The number of hydrogen-bond donors (Lipinski definition) is 1. The largest absolute Gasteiger partial charge is 0.477 e. The summed E-state index contributed by atoms with van der Waals surface area (Å²) in [5.74, 6) is -6.96. The number of amides is 1. The van der Waals surface area contributed by atoms with Gasteiger partial charge in [-0.15, -0.1) is 0 Å². The van der Waals surface area contributed by atoms with E-state index in [0.29, 0.717) is 17.0 Å². The fourth-order valence-corrected chi connectivity index (χ4v) is 4.36. The number of rotatable bonds is 4. The standard InChI is InChI=1S/C22H14ClF6N3O4/c1-30(21(36)22(27,28)29)10-6-31(7-10)18-14(26)5-11-17(16(18)23)32(8-12(19(11)33)20(34)35)15-3-2-9(24)4-13(15)25/h2-5,8,10H,6-7H2,1H3,(H,34,35). The molecular weight excluding hydrogens is 520 g/mol. The molecule has 1 aromatic heterocycles. The maximum absolute atomic E-state index is 15.1. The van der Waals surface area contributed by atoms with Crippen LogP contribution >= 0.6 is 11.6 Å². The number of alkyl halides is 3. The van der Waals surface area contributed by atoms with E-state index in [0.717, 1.165) is 29.9 Å². The molecule has 0 saturated carbocycles. The first-order valence-electron chi connectivity index (χ1n) is 10.1. The number of pyridine rings is 1. The maximum atomic E-state index is 15.1. The Balaban J connectivity index is 1.87. The lowest BCUT2D eigenvalue weighted by Gasteiger charge is -2.45. The number of carbonyl (C=O) groups excluding carboxylic acids is 1. The fourth-order valence-electron chi connectivity index (χ4n) is 3.96. The number of nitrogens with zero attached hydrogens (tertiary/aromatic N) is 3. The minimum atomic E-state index is -5.10. The molecular formula is C22H14ClF6N3O4. The van der Waals surface area contributed by atoms with Crippen LogP contribution in [0.2, 0.25) is 5.02 Å². The Hall–Kier alpha value is -3.74. The molecule has 4 rings (SSSR count). The first kappa shape index (κ1) is 25.4. The summed E-state index contributed by atoms with van der Waals surface area (Å²) in [4.78, 5) is 37.5. The van der Waals surface area contributed by atoms with E-state index in [1.165, 1.54) is 4.90 Å². The molecule has 0 aliphatic carbocycles. The number of hydrogen-bond acceptors (Lipinski definition) is 4. The van der Waals surface area contributed by atoms with Gasteiger partial charge in [0.15, 0.2) is 0 Å². The number of carboxylic acid groups (broad SMARTS) is 1. The topological polar surface area (TPSA) is 82.8 Å². The highest BCUT2D eigenvalue weighted by Gasteiger charge is 2.46. The lowest BCUT2D eigenvalue weighted by molar-refractivity contribution is -0.186. The zero-order chi connectivity index (χ0) is 26.7. The molecule has 2 heterocycles. The van der Waals surface area contributed by atoms with Crippen LogP contribution < -0.4 is 10.3 Å². The fraction of sp³-hybridized carbons (Fsp3) is 0.227. The normalized spacial score (nSPS) is 14.2. The van der Waals surface area contributed by atoms with Crippen molar-refractivity contribution < 1.29 is 41.0 Å². The van der Waals surface area contributed by atoms with Gasteiger partial charge in [0.05, 0.1) is 33.3 Å². The average Bonchev–Trinajstić information content (AvgIpc) is 2.74. The predicted molar refractivity (Wildman–Crippen MR) is 116 cm³/mol. The molecule has 0 atom stereocenters. The zero-order valence-electron chi connectivity index (χ0n) is 18.0. The van der Waals surface area contributed by atoms with Crippen molar-refractivity contribution in [3.63, 3.8) is 0 Å². The van der Waals surface area contributed by atoms with E-state index >= 15 is 4.39 Å². The van der Waals surface area contributed by atoms with Crippen LogP contribution in [0, 0.1) is 17.5 Å². The van der Waals surface area contributed by atoms with Crippen LogP contribution in [0.25, 0.3) is 16.6 Å². The number of likely N-dealkylation sites (N-methyl/N-ethyl adjacent to an activating group) is 1. The molecule has 14 heteroatoms. The molecule has 1 aliphatic rings. The van der Waals surface area contributed by atoms with Crippen molar-refractivity contribution in [3.05, 3.63) is 68.7 Å². The van der Waals surface area contributed by atoms with Gasteiger partial charge in [0.25, 0.3) is 0 Å². The van der Waals surface area contributed by atoms with Gasteiger partial charge in [-0.2, -0.15) is 13.2 Å². The van der Waals surface area contributed by atoms with Gasteiger partial charge < -0.3 is 19.5 Å². The second-order valence-corrected chi connectivity index (χ2v) is 8.41.